The summed E-state index contributed by atoms with van der Waals surface area (Å²) in [5.74, 6) is 0.277. The van der Waals surface area contributed by atoms with E-state index in [1.54, 1.807) is 23.1 Å². The van der Waals surface area contributed by atoms with E-state index < -0.39 is 5.56 Å². The van der Waals surface area contributed by atoms with Gasteiger partial charge in [0, 0.05) is 25.6 Å². The number of hydrogen-bond acceptors (Lipinski definition) is 4. The van der Waals surface area contributed by atoms with Gasteiger partial charge >= 0.3 is 0 Å². The van der Waals surface area contributed by atoms with E-state index in [2.05, 4.69) is 10.3 Å². The van der Waals surface area contributed by atoms with Gasteiger partial charge in [-0.2, -0.15) is 0 Å². The van der Waals surface area contributed by atoms with Gasteiger partial charge in [-0.25, -0.2) is 0 Å². The lowest BCUT2D eigenvalue weighted by molar-refractivity contribution is -0.122. The summed E-state index contributed by atoms with van der Waals surface area (Å²) in [5, 5.41) is 3.07. The van der Waals surface area contributed by atoms with Crippen molar-refractivity contribution >= 4 is 11.8 Å². The molecule has 0 atom stereocenters. The van der Waals surface area contributed by atoms with E-state index in [0.717, 1.165) is 5.56 Å². The lowest BCUT2D eigenvalue weighted by Crippen LogP contribution is -2.47. The van der Waals surface area contributed by atoms with E-state index in [0.29, 0.717) is 50.2 Å². The molecule has 7 nitrogen and oxygen atoms in total. The van der Waals surface area contributed by atoms with Crippen molar-refractivity contribution in [3.05, 3.63) is 82.3 Å². The van der Waals surface area contributed by atoms with Gasteiger partial charge in [0.25, 0.3) is 11.5 Å². The highest BCUT2D eigenvalue weighted by molar-refractivity contribution is 5.94. The maximum absolute atomic E-state index is 12.8. The lowest BCUT2D eigenvalue weighted by atomic mass is 10.0. The Kier molecular flexibility index (Phi) is 6.31. The second-order valence-corrected chi connectivity index (χ2v) is 7.71. The number of aromatic nitrogens is 1. The van der Waals surface area contributed by atoms with Crippen LogP contribution in [0.1, 0.15) is 35.2 Å². The number of carbonyl (C=O) groups is 2. The Morgan fingerprint density at radius 2 is 1.81 bits per heavy atom. The molecule has 1 saturated heterocycles. The Morgan fingerprint density at radius 1 is 1.03 bits per heavy atom. The molecule has 1 aliphatic rings. The number of nitrogens with zero attached hydrogens (tertiary/aromatic N) is 1. The zero-order valence-electron chi connectivity index (χ0n) is 17.2. The zero-order valence-corrected chi connectivity index (χ0v) is 17.2. The second-order valence-electron chi connectivity index (χ2n) is 7.71. The topological polar surface area (TPSA) is 95.4 Å². The average Bonchev–Trinajstić information content (AvgIpc) is 3.33. The van der Waals surface area contributed by atoms with E-state index in [9.17, 15) is 14.4 Å². The Bertz CT molecular complexity index is 1080. The molecule has 3 aromatic rings. The molecular weight excluding hydrogens is 394 g/mol. The van der Waals surface area contributed by atoms with E-state index in [1.807, 2.05) is 30.3 Å². The third-order valence-corrected chi connectivity index (χ3v) is 5.56. The van der Waals surface area contributed by atoms with E-state index in [4.69, 9.17) is 4.42 Å². The number of benzene rings is 1. The fraction of sp³-hybridized carbons (Fsp3) is 0.292. The van der Waals surface area contributed by atoms with Crippen LogP contribution in [0.5, 0.6) is 0 Å². The molecule has 1 aliphatic heterocycles. The summed E-state index contributed by atoms with van der Waals surface area (Å²) in [6, 6.07) is 16.7. The zero-order chi connectivity index (χ0) is 21.6. The van der Waals surface area contributed by atoms with Gasteiger partial charge in [-0.1, -0.05) is 30.3 Å². The number of carbonyl (C=O) groups excluding carboxylic acids is 2. The minimum Gasteiger partial charge on any atom is -0.463 e. The number of piperidine rings is 1. The van der Waals surface area contributed by atoms with Gasteiger partial charge in [-0.15, -0.1) is 0 Å². The van der Waals surface area contributed by atoms with Gasteiger partial charge < -0.3 is 19.6 Å². The first-order valence-corrected chi connectivity index (χ1v) is 10.5. The summed E-state index contributed by atoms with van der Waals surface area (Å²) < 4.78 is 5.28. The van der Waals surface area contributed by atoms with Gasteiger partial charge in [-0.05, 0) is 49.1 Å². The number of likely N-dealkylation sites (tertiary alicyclic amines) is 1. The van der Waals surface area contributed by atoms with Crippen LogP contribution in [0, 0.1) is 0 Å². The summed E-state index contributed by atoms with van der Waals surface area (Å²) >= 11 is 0. The van der Waals surface area contributed by atoms with Crippen LogP contribution < -0.4 is 10.9 Å². The number of hydrogen-bond donors (Lipinski definition) is 2. The molecule has 0 spiro atoms. The van der Waals surface area contributed by atoms with Gasteiger partial charge in [0.05, 0.1) is 12.0 Å². The van der Waals surface area contributed by atoms with Crippen molar-refractivity contribution in [2.45, 2.75) is 31.7 Å². The number of H-pyrrole nitrogens is 1. The van der Waals surface area contributed by atoms with Crippen LogP contribution in [-0.2, 0) is 11.2 Å². The predicted octanol–water partition coefficient (Wildman–Crippen LogP) is 2.99. The van der Waals surface area contributed by atoms with E-state index >= 15 is 0 Å². The van der Waals surface area contributed by atoms with Crippen molar-refractivity contribution in [2.24, 2.45) is 0 Å². The maximum Gasteiger partial charge on any atom is 0.261 e. The normalized spacial score (nSPS) is 14.4. The molecule has 2 aromatic heterocycles. The summed E-state index contributed by atoms with van der Waals surface area (Å²) in [6.45, 7) is 1.00. The molecule has 0 unspecified atom stereocenters. The number of furan rings is 1. The molecule has 0 aliphatic carbocycles. The van der Waals surface area contributed by atoms with Crippen molar-refractivity contribution in [1.82, 2.24) is 15.2 Å². The molecule has 1 fully saturated rings. The Labute approximate surface area is 180 Å². The van der Waals surface area contributed by atoms with E-state index in [1.165, 1.54) is 12.3 Å². The minimum atomic E-state index is -0.435. The molecule has 4 rings (SSSR count). The van der Waals surface area contributed by atoms with Crippen molar-refractivity contribution in [1.29, 1.82) is 0 Å². The molecule has 31 heavy (non-hydrogen) atoms. The third-order valence-electron chi connectivity index (χ3n) is 5.56. The van der Waals surface area contributed by atoms with E-state index in [-0.39, 0.29) is 23.4 Å². The second kappa shape index (κ2) is 9.47. The highest BCUT2D eigenvalue weighted by atomic mass is 16.3. The van der Waals surface area contributed by atoms with Gasteiger partial charge in [0.15, 0.2) is 0 Å². The minimum absolute atomic E-state index is 0.0265. The molecule has 2 N–H and O–H groups in total. The van der Waals surface area contributed by atoms with Crippen LogP contribution in [0.15, 0.2) is 70.1 Å². The fourth-order valence-corrected chi connectivity index (χ4v) is 3.82. The quantitative estimate of drug-likeness (QED) is 0.642. The molecule has 0 saturated carbocycles. The van der Waals surface area contributed by atoms with Gasteiger partial charge in [0.1, 0.15) is 11.3 Å². The van der Waals surface area contributed by atoms with Crippen molar-refractivity contribution in [3.63, 3.8) is 0 Å². The predicted molar refractivity (Wildman–Crippen MR) is 117 cm³/mol. The summed E-state index contributed by atoms with van der Waals surface area (Å²) in [6.07, 6.45) is 4.02. The van der Waals surface area contributed by atoms with Crippen LogP contribution in [0.2, 0.25) is 0 Å². The first-order valence-electron chi connectivity index (χ1n) is 10.5. The van der Waals surface area contributed by atoms with Crippen molar-refractivity contribution < 1.29 is 14.0 Å². The van der Waals surface area contributed by atoms with Crippen LogP contribution in [0.4, 0.5) is 0 Å². The highest BCUT2D eigenvalue weighted by Crippen LogP contribution is 2.17. The third kappa shape index (κ3) is 5.12. The number of nitrogens with one attached hydrogen (secondary N) is 2. The largest absolute Gasteiger partial charge is 0.463 e. The number of aromatic amines is 1. The Hall–Kier alpha value is -3.61. The van der Waals surface area contributed by atoms with Gasteiger partial charge in [0.2, 0.25) is 5.91 Å². The van der Waals surface area contributed by atoms with Crippen molar-refractivity contribution in [3.8, 4) is 11.5 Å². The smallest absolute Gasteiger partial charge is 0.261 e. The molecule has 2 amide bonds. The number of pyridine rings is 1. The van der Waals surface area contributed by atoms with Crippen LogP contribution in [0.3, 0.4) is 0 Å². The Morgan fingerprint density at radius 3 is 2.48 bits per heavy atom. The van der Waals surface area contributed by atoms with Crippen LogP contribution in [0.25, 0.3) is 11.5 Å². The first-order chi connectivity index (χ1) is 15.1. The highest BCUT2D eigenvalue weighted by Gasteiger charge is 2.26. The van der Waals surface area contributed by atoms with Gasteiger partial charge in [-0.3, -0.25) is 14.4 Å². The lowest BCUT2D eigenvalue weighted by Gasteiger charge is -2.32. The average molecular weight is 419 g/mol. The molecule has 7 heteroatoms. The number of amides is 2. The summed E-state index contributed by atoms with van der Waals surface area (Å²) in [7, 11) is 0. The standard InChI is InChI=1S/C24H25N3O4/c28-22(11-8-17-5-2-1-3-6-17)25-18-12-14-27(15-13-18)24(30)19-9-10-20(26-23(19)29)21-7-4-16-31-21/h1-7,9-10,16,18H,8,11-15H2,(H,25,28)(H,26,29). The molecule has 3 heterocycles. The van der Waals surface area contributed by atoms with Crippen LogP contribution in [-0.4, -0.2) is 40.8 Å². The number of aryl methyl sites for hydroxylation is 1. The molecule has 0 radical (unpaired) electrons. The SMILES string of the molecule is O=C(CCc1ccccc1)NC1CCN(C(=O)c2ccc(-c3ccco3)[nH]c2=O)CC1. The monoisotopic (exact) mass is 419 g/mol. The van der Waals surface area contributed by atoms with Crippen molar-refractivity contribution in [2.75, 3.05) is 13.1 Å². The molecule has 0 bridgehead atoms. The maximum atomic E-state index is 12.8. The molecule has 1 aromatic carbocycles. The Balaban J connectivity index is 1.28. The molecule has 160 valence electrons. The molecular formula is C24H25N3O4. The summed E-state index contributed by atoms with van der Waals surface area (Å²) in [5.41, 5.74) is 1.35. The fourth-order valence-electron chi connectivity index (χ4n) is 3.82. The number of rotatable bonds is 6. The summed E-state index contributed by atoms with van der Waals surface area (Å²) in [4.78, 5) is 41.8. The van der Waals surface area contributed by atoms with Crippen LogP contribution >= 0.6 is 0 Å². The first kappa shape index (κ1) is 20.7.